The Kier molecular flexibility index (Phi) is 21.5. The van der Waals surface area contributed by atoms with Crippen LogP contribution in [0.25, 0.3) is 55.0 Å². The number of carbonyl (C=O) groups is 4. The molecule has 1 unspecified atom stereocenters. The summed E-state index contributed by atoms with van der Waals surface area (Å²) in [7, 11) is -5.05. The number of aryl methyl sites for hydroxylation is 2. The lowest BCUT2D eigenvalue weighted by Gasteiger charge is -2.24. The lowest BCUT2D eigenvalue weighted by atomic mass is 10.0. The van der Waals surface area contributed by atoms with Crippen LogP contribution >= 0.6 is 23.2 Å². The van der Waals surface area contributed by atoms with E-state index in [9.17, 15) is 80.7 Å². The second-order valence-electron chi connectivity index (χ2n) is 28.2. The second kappa shape index (κ2) is 30.2. The quantitative estimate of drug-likeness (QED) is 0.0343. The van der Waals surface area contributed by atoms with Gasteiger partial charge in [-0.05, 0) is 109 Å². The first-order chi connectivity index (χ1) is 54.5. The molecule has 16 rings (SSSR count). The fourth-order valence-corrected chi connectivity index (χ4v) is 17.1. The number of sulfonamides is 2. The molecule has 0 radical (unpaired) electrons. The average molecular weight is 1730 g/mol. The number of carbonyl (C=O) groups excluding carboxylic acids is 4. The van der Waals surface area contributed by atoms with E-state index in [-0.39, 0.29) is 138 Å². The van der Waals surface area contributed by atoms with E-state index in [0.717, 1.165) is 45.9 Å². The van der Waals surface area contributed by atoms with Crippen LogP contribution in [0.1, 0.15) is 142 Å². The van der Waals surface area contributed by atoms with Crippen molar-refractivity contribution in [3.05, 3.63) is 219 Å². The number of benzene rings is 6. The number of hydrogen-bond acceptors (Lipinski definition) is 16. The molecule has 4 aliphatic rings. The van der Waals surface area contributed by atoms with E-state index in [4.69, 9.17) is 34.7 Å². The minimum Gasteiger partial charge on any atom is -0.366 e. The summed E-state index contributed by atoms with van der Waals surface area (Å²) in [6, 6.07) is 14.8. The highest BCUT2D eigenvalue weighted by Gasteiger charge is 2.68. The highest BCUT2D eigenvalue weighted by atomic mass is 35.5. The van der Waals surface area contributed by atoms with Crippen molar-refractivity contribution in [2.24, 2.45) is 37.4 Å². The molecule has 620 valence electrons. The van der Waals surface area contributed by atoms with Crippen LogP contribution in [0.3, 0.4) is 0 Å². The Morgan fingerprint density at radius 1 is 0.542 bits per heavy atom. The topological polar surface area (TPSA) is 378 Å². The summed E-state index contributed by atoms with van der Waals surface area (Å²) in [5.74, 6) is -20.9. The van der Waals surface area contributed by atoms with Crippen molar-refractivity contribution in [3.63, 3.8) is 0 Å². The summed E-state index contributed by atoms with van der Waals surface area (Å²) < 4.78 is 235. The van der Waals surface area contributed by atoms with Crippen LogP contribution in [0.4, 0.5) is 64.3 Å². The molecular weight excluding hydrogens is 1660 g/mol. The third kappa shape index (κ3) is 14.9. The van der Waals surface area contributed by atoms with Gasteiger partial charge >= 0.3 is 0 Å². The highest BCUT2D eigenvalue weighted by Crippen LogP contribution is 2.69. The molecule has 2 saturated carbocycles. The van der Waals surface area contributed by atoms with E-state index in [0.29, 0.717) is 21.5 Å². The molecule has 44 heteroatoms. The van der Waals surface area contributed by atoms with E-state index in [2.05, 4.69) is 50.4 Å². The van der Waals surface area contributed by atoms with Crippen molar-refractivity contribution in [2.45, 2.75) is 102 Å². The van der Waals surface area contributed by atoms with Crippen LogP contribution < -0.4 is 42.7 Å². The van der Waals surface area contributed by atoms with Gasteiger partial charge in [-0.1, -0.05) is 50.2 Å². The second-order valence-corrected chi connectivity index (χ2v) is 32.5. The largest absolute Gasteiger partial charge is 0.366 e. The van der Waals surface area contributed by atoms with E-state index in [1.807, 2.05) is 0 Å². The molecule has 4 aliphatic carbocycles. The van der Waals surface area contributed by atoms with Crippen LogP contribution in [0.5, 0.6) is 0 Å². The molecule has 0 spiro atoms. The van der Waals surface area contributed by atoms with Gasteiger partial charge in [0.15, 0.2) is 11.6 Å². The zero-order valence-electron chi connectivity index (χ0n) is 59.8. The maximum absolute atomic E-state index is 15.4. The van der Waals surface area contributed by atoms with Gasteiger partial charge in [-0.2, -0.15) is 38.0 Å². The number of primary amides is 2. The zero-order chi connectivity index (χ0) is 83.5. The lowest BCUT2D eigenvalue weighted by molar-refractivity contribution is -0.123. The Hall–Kier alpha value is -11.9. The first-order valence-corrected chi connectivity index (χ1v) is 39.0. The van der Waals surface area contributed by atoms with Crippen molar-refractivity contribution in [3.8, 4) is 11.4 Å². The van der Waals surface area contributed by atoms with Gasteiger partial charge in [0.2, 0.25) is 31.9 Å². The fraction of sp³-hybridized carbons (Fsp3) is 0.297. The fourth-order valence-electron chi connectivity index (χ4n) is 15.6. The average Bonchev–Trinajstić information content (AvgIpc) is 1.52. The van der Waals surface area contributed by atoms with Gasteiger partial charge < -0.3 is 22.1 Å². The van der Waals surface area contributed by atoms with Crippen molar-refractivity contribution in [1.29, 1.82) is 0 Å². The molecule has 8 N–H and O–H groups in total. The van der Waals surface area contributed by atoms with E-state index < -0.39 is 199 Å². The van der Waals surface area contributed by atoms with Gasteiger partial charge in [0, 0.05) is 62.0 Å². The normalized spacial score (nSPS) is 17.1. The van der Waals surface area contributed by atoms with Gasteiger partial charge in [0.05, 0.1) is 101 Å². The SMILES string of the molecule is C.C.Cn1nc(NS(C)(=O)=O)c2c(Cl)ccc(-n3c(C(Cc4cc(F)cc(F)c4)NC(=O)Cn4nc(C(F)F)c5c4C(F)(F)[C@@H]4C[C@H]54)nc4c(C(N)=O)cccc4c3=O)c21.Cn1nc(NS(C)(=O)=O)c2c(Cl)ccc(-n3c([C@H](Cc4cc(F)cc(F)c4)NC(=O)Cn4nc(C(F)F)c5c4C(F)(F)[C@@H]4C[C@H]54)nc4c(C(N)=O)cccc4c3=O)c21. The molecule has 0 saturated heterocycles. The van der Waals surface area contributed by atoms with Gasteiger partial charge in [-0.3, -0.25) is 66.1 Å². The number of hydrogen-bond donors (Lipinski definition) is 6. The summed E-state index contributed by atoms with van der Waals surface area (Å²) in [6.45, 7) is -2.06. The highest BCUT2D eigenvalue weighted by molar-refractivity contribution is 7.92. The van der Waals surface area contributed by atoms with Crippen molar-refractivity contribution in [1.82, 2.24) is 68.9 Å². The smallest absolute Gasteiger partial charge is 0.293 e. The molecule has 2 fully saturated rings. The first kappa shape index (κ1) is 84.0. The van der Waals surface area contributed by atoms with Crippen LogP contribution in [0, 0.1) is 35.1 Å². The Morgan fingerprint density at radius 2 is 0.890 bits per heavy atom. The van der Waals surface area contributed by atoms with Crippen molar-refractivity contribution in [2.75, 3.05) is 22.0 Å². The molecule has 4 amide bonds. The van der Waals surface area contributed by atoms with Crippen molar-refractivity contribution >= 4 is 122 Å². The summed E-state index contributed by atoms with van der Waals surface area (Å²) in [5, 5.41) is 20.6. The number of aromatic nitrogens is 12. The number of halogens is 14. The lowest BCUT2D eigenvalue weighted by Crippen LogP contribution is -2.38. The van der Waals surface area contributed by atoms with Crippen molar-refractivity contribution < 1.29 is 88.7 Å². The molecule has 28 nitrogen and oxygen atoms in total. The summed E-state index contributed by atoms with van der Waals surface area (Å²) >= 11 is 13.1. The third-order valence-electron chi connectivity index (χ3n) is 20.2. The molecule has 6 heterocycles. The van der Waals surface area contributed by atoms with Gasteiger partial charge in [0.25, 0.3) is 47.6 Å². The molecule has 118 heavy (non-hydrogen) atoms. The number of nitrogens with two attached hydrogens (primary N) is 2. The maximum Gasteiger partial charge on any atom is 0.293 e. The Bertz CT molecular complexity index is 6220. The minimum atomic E-state index is -3.93. The van der Waals surface area contributed by atoms with E-state index in [1.54, 1.807) is 0 Å². The van der Waals surface area contributed by atoms with Crippen LogP contribution in [0.2, 0.25) is 10.0 Å². The number of alkyl halides is 8. The maximum atomic E-state index is 15.4. The first-order valence-electron chi connectivity index (χ1n) is 34.5. The number of rotatable bonds is 22. The number of amides is 4. The van der Waals surface area contributed by atoms with Gasteiger partial charge in [-0.25, -0.2) is 61.9 Å². The molecule has 12 aromatic rings. The van der Waals surface area contributed by atoms with E-state index >= 15 is 17.6 Å². The molecule has 6 aromatic heterocycles. The monoisotopic (exact) mass is 1730 g/mol. The minimum absolute atomic E-state index is 0. The van der Waals surface area contributed by atoms with E-state index in [1.165, 1.54) is 84.1 Å². The van der Waals surface area contributed by atoms with Crippen LogP contribution in [0.15, 0.2) is 107 Å². The summed E-state index contributed by atoms with van der Waals surface area (Å²) in [5.41, 5.74) is 4.26. The predicted molar refractivity (Wildman–Crippen MR) is 406 cm³/mol. The van der Waals surface area contributed by atoms with Crippen LogP contribution in [-0.2, 0) is 81.5 Å². The summed E-state index contributed by atoms with van der Waals surface area (Å²) in [6.07, 6.45) is -5.84. The van der Waals surface area contributed by atoms with Crippen LogP contribution in [-0.4, -0.2) is 111 Å². The Balaban J connectivity index is 0.000000201. The molecule has 6 atom stereocenters. The number of fused-ring (bicyclic) bond motifs is 10. The zero-order valence-corrected chi connectivity index (χ0v) is 63.0. The number of para-hydroxylation sites is 2. The van der Waals surface area contributed by atoms with Gasteiger partial charge in [-0.15, -0.1) is 0 Å². The standard InChI is InChI=1S/2C36H28ClF6N9O5S.2CH4/c2*1-50-29-23(7-6-21(37)26(29)33(48-50)49-58(2,56)57)52-34(46-27-17(32(44)54)4-3-5-18(27)35(52)55)22(10-14-8-15(38)11-16(39)9-14)45-24(53)13-51-30-25(28(47-51)31(40)41)19-12-20(19)36(30,42)43;;/h2*3-9,11,19-20,22,31H,10,12-13H2,1-2H3,(H2,44,54)(H,45,53)(H,48,49);2*1H4/t19-,20+,22?;19-,20+,22-;;/m00../s1. The number of anilines is 2. The molecule has 0 bridgehead atoms. The summed E-state index contributed by atoms with van der Waals surface area (Å²) in [4.78, 5) is 91.9. The van der Waals surface area contributed by atoms with Gasteiger partial charge in [0.1, 0.15) is 70.8 Å². The molecule has 0 aliphatic heterocycles. The number of nitrogens with zero attached hydrogens (tertiary/aromatic N) is 12. The predicted octanol–water partition coefficient (Wildman–Crippen LogP) is 11.5. The number of nitrogens with one attached hydrogen (secondary N) is 4. The molecule has 6 aromatic carbocycles. The molecular formula is C74H64Cl2F12N18O10S2. The third-order valence-corrected chi connectivity index (χ3v) is 22.0. The Morgan fingerprint density at radius 3 is 1.21 bits per heavy atom. The Labute approximate surface area is 668 Å².